The molecular formula is C18H13Cl3F3NOS. The van der Waals surface area contributed by atoms with Gasteiger partial charge >= 0.3 is 6.18 Å². The second kappa shape index (κ2) is 7.48. The molecule has 9 heteroatoms. The predicted molar refractivity (Wildman–Crippen MR) is 104 cm³/mol. The van der Waals surface area contributed by atoms with Gasteiger partial charge < -0.3 is 0 Å². The Morgan fingerprint density at radius 1 is 1.19 bits per heavy atom. The highest BCUT2D eigenvalue weighted by molar-refractivity contribution is 7.98. The zero-order chi connectivity index (χ0) is 20.0. The molecule has 0 aliphatic carbocycles. The van der Waals surface area contributed by atoms with E-state index in [1.165, 1.54) is 24.3 Å². The Morgan fingerprint density at radius 3 is 2.33 bits per heavy atom. The van der Waals surface area contributed by atoms with Crippen LogP contribution >= 0.6 is 46.8 Å². The topological polar surface area (TPSA) is 29.1 Å². The first kappa shape index (κ1) is 20.8. The Morgan fingerprint density at radius 2 is 1.81 bits per heavy atom. The molecule has 0 aromatic heterocycles. The molecule has 0 radical (unpaired) electrons. The highest BCUT2D eigenvalue weighted by Gasteiger charge is 2.61. The number of alkyl halides is 3. The van der Waals surface area contributed by atoms with Crippen LogP contribution in [0.5, 0.6) is 0 Å². The van der Waals surface area contributed by atoms with Crippen LogP contribution in [0.1, 0.15) is 39.5 Å². The summed E-state index contributed by atoms with van der Waals surface area (Å²) < 4.78 is 43.0. The molecule has 1 N–H and O–H groups in total. The Hall–Kier alpha value is -0.920. The number of carbonyl (C=O) groups is 1. The number of benzene rings is 2. The maximum Gasteiger partial charge on any atom is 0.408 e. The van der Waals surface area contributed by atoms with Gasteiger partial charge in [0.1, 0.15) is 0 Å². The summed E-state index contributed by atoms with van der Waals surface area (Å²) in [7, 11) is 0. The van der Waals surface area contributed by atoms with E-state index in [1.807, 2.05) is 0 Å². The Bertz CT molecular complexity index is 886. The van der Waals surface area contributed by atoms with E-state index >= 15 is 0 Å². The van der Waals surface area contributed by atoms with Crippen LogP contribution in [-0.2, 0) is 4.75 Å². The second-order valence-electron chi connectivity index (χ2n) is 6.31. The fourth-order valence-electron chi connectivity index (χ4n) is 3.15. The normalized spacial score (nSPS) is 22.9. The minimum Gasteiger partial charge on any atom is -0.276 e. The highest BCUT2D eigenvalue weighted by atomic mass is 35.5. The smallest absolute Gasteiger partial charge is 0.276 e. The van der Waals surface area contributed by atoms with Crippen LogP contribution in [-0.4, -0.2) is 11.4 Å². The van der Waals surface area contributed by atoms with Crippen molar-refractivity contribution in [2.45, 2.75) is 30.3 Å². The molecule has 1 fully saturated rings. The molecule has 0 bridgehead atoms. The molecule has 2 aromatic rings. The average molecular weight is 455 g/mol. The summed E-state index contributed by atoms with van der Waals surface area (Å²) >= 11 is 18.0. The second-order valence-corrected chi connectivity index (χ2v) is 8.66. The lowest BCUT2D eigenvalue weighted by Gasteiger charge is -2.30. The van der Waals surface area contributed by atoms with Gasteiger partial charge in [-0.15, -0.1) is 0 Å². The van der Waals surface area contributed by atoms with E-state index in [4.69, 9.17) is 34.8 Å². The number of carbonyl (C=O) groups excluding carboxylic acids is 1. The molecular weight excluding hydrogens is 442 g/mol. The number of halogens is 6. The van der Waals surface area contributed by atoms with Crippen molar-refractivity contribution >= 4 is 52.0 Å². The third-order valence-electron chi connectivity index (χ3n) is 4.52. The number of aryl methyl sites for hydroxylation is 1. The van der Waals surface area contributed by atoms with Crippen molar-refractivity contribution in [3.05, 3.63) is 68.7 Å². The van der Waals surface area contributed by atoms with Crippen LogP contribution < -0.4 is 4.72 Å². The van der Waals surface area contributed by atoms with Gasteiger partial charge in [-0.25, -0.2) is 0 Å². The van der Waals surface area contributed by atoms with Gasteiger partial charge in [0.05, 0.1) is 0 Å². The number of rotatable bonds is 3. The molecule has 0 saturated carbocycles. The largest absolute Gasteiger partial charge is 0.408 e. The zero-order valence-electron chi connectivity index (χ0n) is 13.8. The van der Waals surface area contributed by atoms with E-state index in [2.05, 4.69) is 4.72 Å². The van der Waals surface area contributed by atoms with Crippen molar-refractivity contribution in [2.75, 3.05) is 0 Å². The van der Waals surface area contributed by atoms with Gasteiger partial charge in [-0.3, -0.25) is 9.52 Å². The van der Waals surface area contributed by atoms with Crippen LogP contribution in [0.15, 0.2) is 36.4 Å². The molecule has 3 rings (SSSR count). The monoisotopic (exact) mass is 453 g/mol. The van der Waals surface area contributed by atoms with Crippen molar-refractivity contribution in [1.82, 2.24) is 4.72 Å². The molecule has 1 aliphatic heterocycles. The van der Waals surface area contributed by atoms with Gasteiger partial charge in [0.2, 0.25) is 0 Å². The van der Waals surface area contributed by atoms with Crippen LogP contribution in [0.2, 0.25) is 10.0 Å². The molecule has 2 aromatic carbocycles. The molecule has 1 unspecified atom stereocenters. The Kier molecular flexibility index (Phi) is 5.77. The summed E-state index contributed by atoms with van der Waals surface area (Å²) in [4.78, 5) is 11.4. The summed E-state index contributed by atoms with van der Waals surface area (Å²) in [6.07, 6.45) is -4.78. The summed E-state index contributed by atoms with van der Waals surface area (Å²) in [6, 6.07) is 8.20. The maximum atomic E-state index is 14.1. The van der Waals surface area contributed by atoms with E-state index in [-0.39, 0.29) is 22.0 Å². The van der Waals surface area contributed by atoms with Crippen molar-refractivity contribution in [2.24, 2.45) is 0 Å². The van der Waals surface area contributed by atoms with Crippen molar-refractivity contribution in [3.63, 3.8) is 0 Å². The van der Waals surface area contributed by atoms with E-state index in [1.54, 1.807) is 19.1 Å². The van der Waals surface area contributed by atoms with Crippen molar-refractivity contribution in [3.8, 4) is 0 Å². The van der Waals surface area contributed by atoms with Gasteiger partial charge in [-0.2, -0.15) is 13.2 Å². The van der Waals surface area contributed by atoms with Crippen LogP contribution in [0.3, 0.4) is 0 Å². The summed E-state index contributed by atoms with van der Waals surface area (Å²) in [5, 5.41) is -0.317. The molecule has 2 nitrogen and oxygen atoms in total. The minimum atomic E-state index is -4.53. The number of hydrogen-bond acceptors (Lipinski definition) is 3. The number of hydrogen-bond donors (Lipinski definition) is 1. The van der Waals surface area contributed by atoms with Gasteiger partial charge in [0.15, 0.2) is 4.75 Å². The molecule has 0 amide bonds. The van der Waals surface area contributed by atoms with Gasteiger partial charge in [-0.1, -0.05) is 47.3 Å². The van der Waals surface area contributed by atoms with E-state index in [0.29, 0.717) is 28.6 Å². The van der Waals surface area contributed by atoms with Gasteiger partial charge in [0.25, 0.3) is 5.24 Å². The van der Waals surface area contributed by atoms with E-state index in [0.717, 1.165) is 0 Å². The summed E-state index contributed by atoms with van der Waals surface area (Å²) in [5.41, 5.74) is 1.57. The third-order valence-corrected chi connectivity index (χ3v) is 6.54. The molecule has 1 heterocycles. The summed E-state index contributed by atoms with van der Waals surface area (Å²) in [6.45, 7) is 1.69. The van der Waals surface area contributed by atoms with Crippen molar-refractivity contribution in [1.29, 1.82) is 0 Å². The average Bonchev–Trinajstić information content (AvgIpc) is 3.00. The first-order chi connectivity index (χ1) is 12.5. The summed E-state index contributed by atoms with van der Waals surface area (Å²) in [5.74, 6) is 0. The van der Waals surface area contributed by atoms with Gasteiger partial charge in [-0.05, 0) is 65.9 Å². The fraction of sp³-hybridized carbons (Fsp3) is 0.278. The fourth-order valence-corrected chi connectivity index (χ4v) is 5.06. The predicted octanol–water partition coefficient (Wildman–Crippen LogP) is 6.82. The lowest BCUT2D eigenvalue weighted by atomic mass is 9.87. The molecule has 27 heavy (non-hydrogen) atoms. The van der Waals surface area contributed by atoms with E-state index in [9.17, 15) is 18.0 Å². The first-order valence-corrected chi connectivity index (χ1v) is 9.76. The molecule has 1 aliphatic rings. The lowest BCUT2D eigenvalue weighted by Crippen LogP contribution is -2.37. The Labute approximate surface area is 173 Å². The van der Waals surface area contributed by atoms with E-state index < -0.39 is 22.2 Å². The highest BCUT2D eigenvalue weighted by Crippen LogP contribution is 2.58. The van der Waals surface area contributed by atoms with Crippen LogP contribution in [0, 0.1) is 6.92 Å². The zero-order valence-corrected chi connectivity index (χ0v) is 16.9. The molecule has 0 spiro atoms. The lowest BCUT2D eigenvalue weighted by molar-refractivity contribution is -0.163. The molecule has 144 valence electrons. The maximum absolute atomic E-state index is 14.1. The first-order valence-electron chi connectivity index (χ1n) is 7.81. The molecule has 2 atom stereocenters. The number of nitrogens with one attached hydrogen (secondary N) is 1. The van der Waals surface area contributed by atoms with Crippen LogP contribution in [0.25, 0.3) is 0 Å². The van der Waals surface area contributed by atoms with Crippen LogP contribution in [0.4, 0.5) is 13.2 Å². The minimum absolute atomic E-state index is 0.00298. The molecule has 1 saturated heterocycles. The Balaban J connectivity index is 2.01. The quantitative estimate of drug-likeness (QED) is 0.407. The van der Waals surface area contributed by atoms with Gasteiger partial charge in [0, 0.05) is 21.7 Å². The third kappa shape index (κ3) is 3.96. The SMILES string of the molecule is Cc1cc(C2C[C@@](c3cc(Cl)cc(Cl)c3)(C(F)(F)F)SN2)ccc1C(=O)Cl. The standard InChI is InChI=1S/C18H13Cl3F3NOS/c1-9-4-10(2-3-14(9)16(21)26)15-8-17(27-25-15,18(22,23)24)11-5-12(19)7-13(20)6-11/h2-7,15,25H,8H2,1H3/t15?,17-/m1/s1. The van der Waals surface area contributed by atoms with Crippen molar-refractivity contribution < 1.29 is 18.0 Å².